The van der Waals surface area contributed by atoms with Crippen molar-refractivity contribution in [3.8, 4) is 0 Å². The van der Waals surface area contributed by atoms with Crippen molar-refractivity contribution in [1.82, 2.24) is 0 Å². The van der Waals surface area contributed by atoms with Crippen LogP contribution in [0.5, 0.6) is 0 Å². The van der Waals surface area contributed by atoms with Crippen molar-refractivity contribution < 1.29 is 23.3 Å². The molecule has 0 amide bonds. The third-order valence-corrected chi connectivity index (χ3v) is 6.29. The third-order valence-electron chi connectivity index (χ3n) is 3.45. The maximum absolute atomic E-state index is 11.4. The molecule has 2 atom stereocenters. The number of aliphatic hydroxyl groups is 1. The van der Waals surface area contributed by atoms with Crippen molar-refractivity contribution in [2.24, 2.45) is 0 Å². The molecule has 0 aromatic heterocycles. The first kappa shape index (κ1) is 20.3. The van der Waals surface area contributed by atoms with Crippen molar-refractivity contribution in [2.75, 3.05) is 13.2 Å². The van der Waals surface area contributed by atoms with E-state index in [2.05, 4.69) is 0 Å². The van der Waals surface area contributed by atoms with E-state index in [0.29, 0.717) is 26.1 Å². The lowest BCUT2D eigenvalue weighted by Gasteiger charge is -2.20. The Labute approximate surface area is 140 Å². The molecular formula is C16H26O5P2+2. The van der Waals surface area contributed by atoms with Crippen LogP contribution in [0.2, 0.25) is 0 Å². The standard InChI is InChI=1S/C8H16O3P.C8H10O2P/c1-2-11-12(10)8(9)6-4-3-5-7-8;1-2-10-11(9)8-6-4-3-5-7-8/h9H,2-7H2,1H3;3-7H,2H2,1H3/q2*+1. The molecule has 7 heteroatoms. The molecule has 1 aromatic rings. The van der Waals surface area contributed by atoms with Crippen LogP contribution < -0.4 is 5.30 Å². The van der Waals surface area contributed by atoms with Gasteiger partial charge in [0.15, 0.2) is 0 Å². The molecule has 0 saturated heterocycles. The molecule has 5 nitrogen and oxygen atoms in total. The van der Waals surface area contributed by atoms with Crippen LogP contribution in [0.15, 0.2) is 30.3 Å². The predicted octanol–water partition coefficient (Wildman–Crippen LogP) is 4.51. The third kappa shape index (κ3) is 7.15. The van der Waals surface area contributed by atoms with Gasteiger partial charge < -0.3 is 5.11 Å². The zero-order chi connectivity index (χ0) is 17.1. The summed E-state index contributed by atoms with van der Waals surface area (Å²) in [5, 5.41) is 9.59. The SMILES string of the molecule is CCO[P+](=O)C1(O)CCCCC1.CCO[P+](=O)c1ccccc1. The van der Waals surface area contributed by atoms with Crippen LogP contribution >= 0.6 is 16.1 Å². The molecule has 23 heavy (non-hydrogen) atoms. The first-order valence-corrected chi connectivity index (χ1v) is 10.4. The molecular weight excluding hydrogens is 334 g/mol. The van der Waals surface area contributed by atoms with Crippen LogP contribution in [0.25, 0.3) is 0 Å². The molecule has 0 heterocycles. The molecule has 1 aliphatic rings. The largest absolute Gasteiger partial charge is 0.548 e. The van der Waals surface area contributed by atoms with Crippen molar-refractivity contribution in [3.05, 3.63) is 30.3 Å². The second kappa shape index (κ2) is 11.0. The van der Waals surface area contributed by atoms with Crippen LogP contribution in [0, 0.1) is 0 Å². The summed E-state index contributed by atoms with van der Waals surface area (Å²) in [6.45, 7) is 4.53. The Morgan fingerprint density at radius 2 is 1.57 bits per heavy atom. The van der Waals surface area contributed by atoms with E-state index >= 15 is 0 Å². The Morgan fingerprint density at radius 1 is 1.00 bits per heavy atom. The maximum Gasteiger partial charge on any atom is 0.548 e. The Kier molecular flexibility index (Phi) is 9.69. The van der Waals surface area contributed by atoms with Crippen LogP contribution in [-0.4, -0.2) is 23.7 Å². The van der Waals surface area contributed by atoms with Gasteiger partial charge in [0, 0.05) is 12.8 Å². The molecule has 1 fully saturated rings. The van der Waals surface area contributed by atoms with Crippen LogP contribution in [0.4, 0.5) is 0 Å². The second-order valence-electron chi connectivity index (χ2n) is 5.23. The summed E-state index contributed by atoms with van der Waals surface area (Å²) in [5.41, 5.74) is 0. The number of benzene rings is 1. The minimum atomic E-state index is -1.88. The molecule has 0 radical (unpaired) electrons. The second-order valence-corrected chi connectivity index (χ2v) is 8.12. The average Bonchev–Trinajstić information content (AvgIpc) is 2.57. The van der Waals surface area contributed by atoms with E-state index in [0.717, 1.165) is 24.6 Å². The van der Waals surface area contributed by atoms with Gasteiger partial charge in [-0.05, 0) is 48.0 Å². The molecule has 128 valence electrons. The van der Waals surface area contributed by atoms with Crippen molar-refractivity contribution in [3.63, 3.8) is 0 Å². The fourth-order valence-electron chi connectivity index (χ4n) is 2.28. The maximum atomic E-state index is 11.4. The Bertz CT molecular complexity index is 487. The lowest BCUT2D eigenvalue weighted by Crippen LogP contribution is -2.27. The highest BCUT2D eigenvalue weighted by Gasteiger charge is 2.49. The van der Waals surface area contributed by atoms with Gasteiger partial charge in [-0.2, -0.15) is 0 Å². The molecule has 1 aromatic carbocycles. The predicted molar refractivity (Wildman–Crippen MR) is 92.6 cm³/mol. The summed E-state index contributed by atoms with van der Waals surface area (Å²) in [4.78, 5) is 0. The lowest BCUT2D eigenvalue weighted by atomic mass is 9.97. The highest BCUT2D eigenvalue weighted by Crippen LogP contribution is 2.47. The quantitative estimate of drug-likeness (QED) is 0.756. The Hall–Kier alpha value is -0.700. The molecule has 0 spiro atoms. The summed E-state index contributed by atoms with van der Waals surface area (Å²) in [6, 6.07) is 9.19. The van der Waals surface area contributed by atoms with Crippen LogP contribution in [-0.2, 0) is 18.2 Å². The monoisotopic (exact) mass is 360 g/mol. The number of rotatable bonds is 6. The number of hydrogen-bond acceptors (Lipinski definition) is 5. The van der Waals surface area contributed by atoms with Gasteiger partial charge in [0.25, 0.3) is 5.34 Å². The molecule has 1 saturated carbocycles. The highest BCUT2D eigenvalue weighted by atomic mass is 31.1. The van der Waals surface area contributed by atoms with Crippen molar-refractivity contribution >= 4 is 21.4 Å². The average molecular weight is 360 g/mol. The fraction of sp³-hybridized carbons (Fsp3) is 0.625. The van der Waals surface area contributed by atoms with E-state index in [1.54, 1.807) is 19.1 Å². The first-order valence-electron chi connectivity index (χ1n) is 8.01. The van der Waals surface area contributed by atoms with E-state index in [9.17, 15) is 14.2 Å². The summed E-state index contributed by atoms with van der Waals surface area (Å²) < 4.78 is 32.4. The minimum absolute atomic E-state index is 0.414. The molecule has 2 rings (SSSR count). The van der Waals surface area contributed by atoms with Crippen molar-refractivity contribution in [1.29, 1.82) is 0 Å². The smallest absolute Gasteiger partial charge is 0.346 e. The zero-order valence-corrected chi connectivity index (χ0v) is 15.6. The summed E-state index contributed by atoms with van der Waals surface area (Å²) in [7, 11) is -3.50. The number of hydrogen-bond donors (Lipinski definition) is 1. The normalized spacial score (nSPS) is 17.7. The van der Waals surface area contributed by atoms with Gasteiger partial charge in [0.2, 0.25) is 5.30 Å². The van der Waals surface area contributed by atoms with Gasteiger partial charge in [-0.15, -0.1) is 9.05 Å². The van der Waals surface area contributed by atoms with Gasteiger partial charge in [-0.1, -0.05) is 24.6 Å². The summed E-state index contributed by atoms with van der Waals surface area (Å²) in [5.74, 6) is 0. The molecule has 1 N–H and O–H groups in total. The van der Waals surface area contributed by atoms with Gasteiger partial charge in [0.05, 0.1) is 6.61 Å². The summed E-state index contributed by atoms with van der Waals surface area (Å²) >= 11 is 0. The van der Waals surface area contributed by atoms with Gasteiger partial charge >= 0.3 is 16.1 Å². The molecule has 0 aliphatic heterocycles. The molecule has 2 unspecified atom stereocenters. The Balaban J connectivity index is 0.000000231. The highest BCUT2D eigenvalue weighted by molar-refractivity contribution is 7.48. The van der Waals surface area contributed by atoms with E-state index < -0.39 is 21.4 Å². The van der Waals surface area contributed by atoms with Crippen molar-refractivity contribution in [2.45, 2.75) is 51.3 Å². The lowest BCUT2D eigenvalue weighted by molar-refractivity contribution is 0.0704. The fourth-order valence-corrected chi connectivity index (χ4v) is 4.23. The topological polar surface area (TPSA) is 72.8 Å². The Morgan fingerprint density at radius 3 is 2.09 bits per heavy atom. The summed E-state index contributed by atoms with van der Waals surface area (Å²) in [6.07, 6.45) is 4.32. The van der Waals surface area contributed by atoms with Gasteiger partial charge in [0.1, 0.15) is 6.61 Å². The first-order chi connectivity index (χ1) is 11.0. The molecule has 1 aliphatic carbocycles. The van der Waals surface area contributed by atoms with E-state index in [1.165, 1.54) is 0 Å². The zero-order valence-electron chi connectivity index (χ0n) is 13.8. The van der Waals surface area contributed by atoms with Crippen LogP contribution in [0.1, 0.15) is 46.0 Å². The van der Waals surface area contributed by atoms with E-state index in [-0.39, 0.29) is 0 Å². The van der Waals surface area contributed by atoms with E-state index in [4.69, 9.17) is 9.05 Å². The minimum Gasteiger partial charge on any atom is -0.346 e. The van der Waals surface area contributed by atoms with Gasteiger partial charge in [-0.25, -0.2) is 0 Å². The van der Waals surface area contributed by atoms with Gasteiger partial charge in [-0.3, -0.25) is 0 Å². The van der Waals surface area contributed by atoms with E-state index in [1.807, 2.05) is 25.1 Å². The molecule has 0 bridgehead atoms. The van der Waals surface area contributed by atoms with Crippen LogP contribution in [0.3, 0.4) is 0 Å².